The number of anilines is 5. The Labute approximate surface area is 706 Å². The number of nitrogen functional groups attached to an aromatic ring is 4. The highest BCUT2D eigenvalue weighted by Crippen LogP contribution is 2.42. The number of phenolic OH excluding ortho intramolecular Hbond substituents is 8. The van der Waals surface area contributed by atoms with Crippen LogP contribution in [0.3, 0.4) is 0 Å². The molecule has 17 N–H and O–H groups in total. The minimum absolute atomic E-state index is 0.103. The Bertz CT molecular complexity index is 6760. The molecule has 1 fully saturated rings. The highest BCUT2D eigenvalue weighted by molar-refractivity contribution is 7.12. The van der Waals surface area contributed by atoms with Gasteiger partial charge in [-0.05, 0) is 230 Å². The number of terminal acetylenes is 5. The van der Waals surface area contributed by atoms with Crippen LogP contribution in [0.5, 0.6) is 46.0 Å². The van der Waals surface area contributed by atoms with Crippen molar-refractivity contribution >= 4 is 40.3 Å². The van der Waals surface area contributed by atoms with Crippen LogP contribution in [0.15, 0.2) is 236 Å². The molecule has 15 aromatic rings. The topological polar surface area (TPSA) is 359 Å². The molecule has 7 aromatic heterocycles. The molecule has 0 unspecified atom stereocenters. The molecule has 0 spiro atoms. The van der Waals surface area contributed by atoms with E-state index in [4.69, 9.17) is 55.1 Å². The van der Waals surface area contributed by atoms with E-state index in [1.807, 2.05) is 72.5 Å². The Hall–Kier alpha value is -16.7. The first-order valence-corrected chi connectivity index (χ1v) is 38.5. The van der Waals surface area contributed by atoms with Crippen molar-refractivity contribution in [2.24, 2.45) is 7.05 Å². The third kappa shape index (κ3) is 19.5. The number of nitrogens with one attached hydrogen (secondary N) is 1. The summed E-state index contributed by atoms with van der Waals surface area (Å²) < 4.78 is 28.1. The van der Waals surface area contributed by atoms with Gasteiger partial charge in [-0.15, -0.1) is 43.5 Å². The maximum atomic E-state index is 13.1. The van der Waals surface area contributed by atoms with Crippen LogP contribution in [0.1, 0.15) is 56.8 Å². The van der Waals surface area contributed by atoms with Gasteiger partial charge < -0.3 is 78.2 Å². The molecule has 0 saturated carbocycles. The molecule has 0 amide bonds. The third-order valence-corrected chi connectivity index (χ3v) is 20.7. The number of nitrogens with two attached hydrogens (primary N) is 4. The SMILES string of the molecule is C#Cc1c(-c2ccc(O)c(O)c2)cc(-c2ccc(F)cc2)[nH]c1=O.C#Cc1c(-c2ccc(O)c(O)c2)cc(-c2ccc(F)cc2)nc1N.C#Cc1c(-c2ccc(O)c(O)c2)cc(-c2ccc(N3CCCCC3)cc2)nc1N.C#Cc1c(-c2cccc(O)c2)cc(-c2cc(C)sc2C)nc1N.C#Cc1c(-c2cccc(O)c2)cc(-c2ccn(C)c2)nc1N. The Morgan fingerprint density at radius 2 is 0.746 bits per heavy atom. The van der Waals surface area contributed by atoms with Crippen LogP contribution >= 0.6 is 11.3 Å². The van der Waals surface area contributed by atoms with Crippen molar-refractivity contribution in [1.29, 1.82) is 0 Å². The van der Waals surface area contributed by atoms with E-state index in [-0.39, 0.29) is 74.8 Å². The number of aromatic amines is 1. The Morgan fingerprint density at radius 3 is 1.11 bits per heavy atom. The van der Waals surface area contributed by atoms with Crippen LogP contribution in [-0.4, -0.2) is 83.4 Å². The Balaban J connectivity index is 0.000000140. The van der Waals surface area contributed by atoms with Crippen molar-refractivity contribution in [3.05, 3.63) is 290 Å². The van der Waals surface area contributed by atoms with Gasteiger partial charge in [-0.3, -0.25) is 4.79 Å². The maximum Gasteiger partial charge on any atom is 0.264 e. The number of hydrogen-bond donors (Lipinski definition) is 13. The summed E-state index contributed by atoms with van der Waals surface area (Å²) in [6.45, 7) is 6.32. The summed E-state index contributed by atoms with van der Waals surface area (Å²) in [5.41, 5.74) is 41.1. The number of piperidine rings is 1. The van der Waals surface area contributed by atoms with Gasteiger partial charge in [-0.25, -0.2) is 28.7 Å². The van der Waals surface area contributed by atoms with Gasteiger partial charge >= 0.3 is 0 Å². The van der Waals surface area contributed by atoms with Crippen molar-refractivity contribution in [2.75, 3.05) is 40.9 Å². The van der Waals surface area contributed by atoms with Crippen LogP contribution in [0.2, 0.25) is 0 Å². The highest BCUT2D eigenvalue weighted by atomic mass is 32.1. The predicted octanol–water partition coefficient (Wildman–Crippen LogP) is 18.5. The third-order valence-electron chi connectivity index (χ3n) is 19.7. The van der Waals surface area contributed by atoms with Crippen molar-refractivity contribution in [2.45, 2.75) is 33.1 Å². The van der Waals surface area contributed by atoms with E-state index < -0.39 is 5.56 Å². The lowest BCUT2D eigenvalue weighted by Crippen LogP contribution is -2.29. The summed E-state index contributed by atoms with van der Waals surface area (Å²) in [6.07, 6.45) is 35.5. The van der Waals surface area contributed by atoms with Gasteiger partial charge in [-0.2, -0.15) is 0 Å². The van der Waals surface area contributed by atoms with Crippen LogP contribution in [0, 0.1) is 87.2 Å². The van der Waals surface area contributed by atoms with Gasteiger partial charge in [0.05, 0.1) is 50.6 Å². The molecule has 0 aliphatic carbocycles. The van der Waals surface area contributed by atoms with E-state index in [9.17, 15) is 54.4 Å². The second kappa shape index (κ2) is 37.5. The van der Waals surface area contributed by atoms with Crippen LogP contribution in [0.25, 0.3) is 112 Å². The number of pyridine rings is 5. The van der Waals surface area contributed by atoms with E-state index in [1.54, 1.807) is 90.2 Å². The summed E-state index contributed by atoms with van der Waals surface area (Å²) in [6, 6.07) is 59.9. The summed E-state index contributed by atoms with van der Waals surface area (Å²) in [5.74, 6) is 11.8. The van der Waals surface area contributed by atoms with Crippen molar-refractivity contribution in [1.82, 2.24) is 29.5 Å². The average molecular weight is 1640 g/mol. The number of rotatable bonds is 11. The molecule has 0 atom stereocenters. The molecule has 20 nitrogen and oxygen atoms in total. The molecule has 1 aliphatic heterocycles. The molecule has 1 saturated heterocycles. The van der Waals surface area contributed by atoms with Gasteiger partial charge in [0.1, 0.15) is 46.4 Å². The van der Waals surface area contributed by atoms with Gasteiger partial charge in [0.25, 0.3) is 5.56 Å². The fourth-order valence-electron chi connectivity index (χ4n) is 13.6. The lowest BCUT2D eigenvalue weighted by atomic mass is 9.97. The molecule has 8 aromatic carbocycles. The zero-order valence-electron chi connectivity index (χ0n) is 66.0. The first-order valence-electron chi connectivity index (χ1n) is 37.7. The normalized spacial score (nSPS) is 11.2. The van der Waals surface area contributed by atoms with Crippen molar-refractivity contribution in [3.63, 3.8) is 0 Å². The smallest absolute Gasteiger partial charge is 0.264 e. The van der Waals surface area contributed by atoms with E-state index in [1.165, 1.54) is 108 Å². The number of thiophene rings is 1. The highest BCUT2D eigenvalue weighted by Gasteiger charge is 2.22. The Kier molecular flexibility index (Phi) is 26.1. The number of nitrogens with zero attached hydrogens (tertiary/aromatic N) is 6. The largest absolute Gasteiger partial charge is 0.508 e. The van der Waals surface area contributed by atoms with E-state index in [0.717, 1.165) is 63.4 Å². The molecule has 0 bridgehead atoms. The van der Waals surface area contributed by atoms with Crippen LogP contribution < -0.4 is 33.4 Å². The number of aryl methyl sites for hydroxylation is 3. The minimum Gasteiger partial charge on any atom is -0.508 e. The van der Waals surface area contributed by atoms with Crippen LogP contribution in [-0.2, 0) is 7.05 Å². The molecule has 604 valence electrons. The summed E-state index contributed by atoms with van der Waals surface area (Å²) in [5, 5.41) is 77.2. The summed E-state index contributed by atoms with van der Waals surface area (Å²) >= 11 is 1.72. The monoisotopic (exact) mass is 1640 g/mol. The fraction of sp³-hybridized carbons (Fsp3) is 0.0808. The first-order chi connectivity index (χ1) is 58.6. The molecule has 1 aliphatic rings. The molecular weight excluding hydrogens is 1560 g/mol. The number of benzene rings is 8. The summed E-state index contributed by atoms with van der Waals surface area (Å²) in [4.78, 5) is 37.4. The van der Waals surface area contributed by atoms with E-state index >= 15 is 0 Å². The van der Waals surface area contributed by atoms with Crippen LogP contribution in [0.4, 0.5) is 37.7 Å². The number of phenols is 8. The second-order valence-electron chi connectivity index (χ2n) is 28.0. The van der Waals surface area contributed by atoms with Gasteiger partial charge in [-0.1, -0.05) is 84.2 Å². The quantitative estimate of drug-likeness (QED) is 0.0422. The first kappa shape index (κ1) is 84.7. The lowest BCUT2D eigenvalue weighted by Gasteiger charge is -2.28. The van der Waals surface area contributed by atoms with Gasteiger partial charge in [0, 0.05) is 104 Å². The molecule has 0 radical (unpaired) electrons. The molecule has 122 heavy (non-hydrogen) atoms. The molecule has 23 heteroatoms. The number of halogens is 2. The van der Waals surface area contributed by atoms with Gasteiger partial charge in [0.2, 0.25) is 0 Å². The molecule has 16 rings (SSSR count). The lowest BCUT2D eigenvalue weighted by molar-refractivity contribution is 0.404. The number of aromatic nitrogens is 6. The second-order valence-corrected chi connectivity index (χ2v) is 29.5. The number of H-pyrrole nitrogens is 1. The number of aromatic hydroxyl groups is 8. The maximum absolute atomic E-state index is 13.1. The average Bonchev–Trinajstić information content (AvgIpc) is 1.03. The Morgan fingerprint density at radius 1 is 0.385 bits per heavy atom. The van der Waals surface area contributed by atoms with Crippen molar-refractivity contribution < 1.29 is 49.6 Å². The zero-order chi connectivity index (χ0) is 87.2. The summed E-state index contributed by atoms with van der Waals surface area (Å²) in [7, 11) is 1.94. The predicted molar refractivity (Wildman–Crippen MR) is 481 cm³/mol. The number of hydrogen-bond acceptors (Lipinski definition) is 19. The van der Waals surface area contributed by atoms with Crippen molar-refractivity contribution in [3.8, 4) is 220 Å². The zero-order valence-corrected chi connectivity index (χ0v) is 66.8. The fourth-order valence-corrected chi connectivity index (χ4v) is 14.6. The molecular formula is C99H79F2N11O9S. The van der Waals surface area contributed by atoms with E-state index in [0.29, 0.717) is 95.5 Å². The van der Waals surface area contributed by atoms with E-state index in [2.05, 4.69) is 91.5 Å². The standard InChI is InChI=1S/C24H23N3O2.C19H13FN2O2.C19H12FNO3.C19H16N2OS.C18H15N3O/c1-2-19-20(17-8-11-22(28)23(29)14-17)15-21(26-24(19)25)16-6-9-18(10-7-16)27-12-4-3-5-13-27;1-2-14-15(12-5-8-17(23)18(24)9-12)10-16(22-19(14)21)11-3-6-13(20)7-4-11;1-2-14-15(12-5-8-17(22)18(23)9-12)10-16(21-19(14)24)11-3-6-13(20)7-4-11;1-4-15-17(13-6-5-7-14(22)9-13)10-18(21-19(15)20)16-8-11(2)23-12(16)3;1-3-15-16(12-5-4-6-14(22)9-12)10-17(20-18(15)19)13-7-8-21(2)11-13/h1,6-11,14-15,28-29H,3-5,12-13H2,(H2,25,26);1,3-10,23-24H,(H2,21,22);1,3-10,22-23H,(H,21,24);1,5-10,22H,2-3H3,(H2,20,21);1,4-11,22H,2H3,(H2,19,20). The molecule has 8 heterocycles. The minimum atomic E-state index is -0.470. The van der Waals surface area contributed by atoms with Gasteiger partial charge in [0.15, 0.2) is 34.5 Å².